The monoisotopic (exact) mass is 190 g/mol. The summed E-state index contributed by atoms with van der Waals surface area (Å²) < 4.78 is 12.8. The average molecular weight is 191 g/mol. The lowest BCUT2D eigenvalue weighted by molar-refractivity contribution is 0.601. The molecule has 0 amide bonds. The predicted octanol–water partition coefficient (Wildman–Crippen LogP) is 1.25. The van der Waals surface area contributed by atoms with E-state index in [9.17, 15) is 4.39 Å². The maximum absolute atomic E-state index is 12.8. The molecular formula is C8H12ClFN2. The Hall–Kier alpha value is -0.640. The first-order chi connectivity index (χ1) is 5.34. The molecule has 12 heavy (non-hydrogen) atoms. The van der Waals surface area contributed by atoms with Crippen molar-refractivity contribution < 1.29 is 4.39 Å². The van der Waals surface area contributed by atoms with Crippen LogP contribution in [0.5, 0.6) is 0 Å². The van der Waals surface area contributed by atoms with Crippen LogP contribution in [0.15, 0.2) is 24.3 Å². The van der Waals surface area contributed by atoms with Gasteiger partial charge < -0.3 is 0 Å². The molecule has 2 nitrogen and oxygen atoms in total. The van der Waals surface area contributed by atoms with Gasteiger partial charge in [0, 0.05) is 6.54 Å². The van der Waals surface area contributed by atoms with Gasteiger partial charge >= 0.3 is 0 Å². The molecule has 0 aliphatic heterocycles. The van der Waals surface area contributed by atoms with E-state index in [1.165, 1.54) is 6.07 Å². The number of rotatable bonds is 3. The Balaban J connectivity index is 0.00000121. The summed E-state index contributed by atoms with van der Waals surface area (Å²) in [6, 6.07) is 6.70. The largest absolute Gasteiger partial charge is 0.271 e. The van der Waals surface area contributed by atoms with Crippen molar-refractivity contribution >= 4 is 12.4 Å². The van der Waals surface area contributed by atoms with Crippen LogP contribution in [-0.2, 0) is 6.42 Å². The van der Waals surface area contributed by atoms with E-state index in [1.54, 1.807) is 12.1 Å². The minimum Gasteiger partial charge on any atom is -0.271 e. The summed E-state index contributed by atoms with van der Waals surface area (Å²) in [6.07, 6.45) is 0.628. The fourth-order valence-corrected chi connectivity index (χ4v) is 0.908. The third kappa shape index (κ3) is 3.17. The average Bonchev–Trinajstić information content (AvgIpc) is 2.03. The highest BCUT2D eigenvalue weighted by Gasteiger charge is 1.97. The summed E-state index contributed by atoms with van der Waals surface area (Å²) in [5, 5.41) is 0. The molecule has 1 aromatic rings. The highest BCUT2D eigenvalue weighted by molar-refractivity contribution is 5.85. The van der Waals surface area contributed by atoms with E-state index < -0.39 is 0 Å². The Labute approximate surface area is 77.3 Å². The minimum atomic E-state index is -0.164. The number of benzene rings is 1. The van der Waals surface area contributed by atoms with Crippen LogP contribution in [-0.4, -0.2) is 6.54 Å². The highest BCUT2D eigenvalue weighted by atomic mass is 35.5. The second-order valence-corrected chi connectivity index (χ2v) is 2.30. The number of halogens is 2. The summed E-state index contributed by atoms with van der Waals surface area (Å²) in [5.41, 5.74) is 3.18. The minimum absolute atomic E-state index is 0. The predicted molar refractivity (Wildman–Crippen MR) is 49.5 cm³/mol. The van der Waals surface area contributed by atoms with Gasteiger partial charge in [-0.15, -0.1) is 12.4 Å². The SMILES string of the molecule is Cl.NNCCc1ccccc1F. The maximum Gasteiger partial charge on any atom is 0.126 e. The van der Waals surface area contributed by atoms with Crippen molar-refractivity contribution in [3.63, 3.8) is 0 Å². The molecule has 1 rings (SSSR count). The molecule has 0 bridgehead atoms. The topological polar surface area (TPSA) is 38.0 Å². The van der Waals surface area contributed by atoms with Crippen LogP contribution in [0, 0.1) is 5.82 Å². The van der Waals surface area contributed by atoms with Crippen LogP contribution in [0.1, 0.15) is 5.56 Å². The van der Waals surface area contributed by atoms with Crippen LogP contribution in [0.3, 0.4) is 0 Å². The lowest BCUT2D eigenvalue weighted by Crippen LogP contribution is -2.24. The maximum atomic E-state index is 12.8. The molecule has 0 heterocycles. The number of hydrazine groups is 1. The van der Waals surface area contributed by atoms with E-state index in [4.69, 9.17) is 5.84 Å². The molecule has 0 fully saturated rings. The first-order valence-corrected chi connectivity index (χ1v) is 3.51. The number of hydrogen-bond acceptors (Lipinski definition) is 2. The molecule has 0 aromatic heterocycles. The van der Waals surface area contributed by atoms with Gasteiger partial charge in [0.1, 0.15) is 5.82 Å². The molecule has 0 aliphatic rings. The van der Waals surface area contributed by atoms with Gasteiger partial charge in [0.15, 0.2) is 0 Å². The molecule has 1 aromatic carbocycles. The van der Waals surface area contributed by atoms with E-state index in [0.29, 0.717) is 18.5 Å². The van der Waals surface area contributed by atoms with Crippen LogP contribution in [0.4, 0.5) is 4.39 Å². The summed E-state index contributed by atoms with van der Waals surface area (Å²) >= 11 is 0. The van der Waals surface area contributed by atoms with Crippen molar-refractivity contribution in [2.75, 3.05) is 6.54 Å². The molecule has 0 atom stereocenters. The molecule has 0 spiro atoms. The Morgan fingerprint density at radius 1 is 1.33 bits per heavy atom. The summed E-state index contributed by atoms with van der Waals surface area (Å²) in [6.45, 7) is 0.598. The van der Waals surface area contributed by atoms with Crippen molar-refractivity contribution in [1.29, 1.82) is 0 Å². The second kappa shape index (κ2) is 5.94. The Morgan fingerprint density at radius 3 is 2.58 bits per heavy atom. The first kappa shape index (κ1) is 11.4. The van der Waals surface area contributed by atoms with Gasteiger partial charge in [-0.25, -0.2) is 4.39 Å². The van der Waals surface area contributed by atoms with E-state index in [2.05, 4.69) is 5.43 Å². The fourth-order valence-electron chi connectivity index (χ4n) is 0.908. The molecule has 3 N–H and O–H groups in total. The van der Waals surface area contributed by atoms with E-state index >= 15 is 0 Å². The van der Waals surface area contributed by atoms with Crippen molar-refractivity contribution in [2.45, 2.75) is 6.42 Å². The van der Waals surface area contributed by atoms with Gasteiger partial charge in [0.25, 0.3) is 0 Å². The van der Waals surface area contributed by atoms with Crippen molar-refractivity contribution in [3.05, 3.63) is 35.6 Å². The Kier molecular flexibility index (Phi) is 5.62. The van der Waals surface area contributed by atoms with Gasteiger partial charge in [-0.1, -0.05) is 18.2 Å². The zero-order chi connectivity index (χ0) is 8.10. The number of nitrogens with two attached hydrogens (primary N) is 1. The molecule has 0 radical (unpaired) electrons. The van der Waals surface area contributed by atoms with E-state index in [-0.39, 0.29) is 18.2 Å². The quantitative estimate of drug-likeness (QED) is 0.556. The van der Waals surface area contributed by atoms with Crippen molar-refractivity contribution in [1.82, 2.24) is 5.43 Å². The third-order valence-electron chi connectivity index (χ3n) is 1.50. The van der Waals surface area contributed by atoms with Crippen LogP contribution in [0.25, 0.3) is 0 Å². The van der Waals surface area contributed by atoms with Gasteiger partial charge in [-0.05, 0) is 18.1 Å². The Bertz CT molecular complexity index is 230. The molecule has 0 saturated heterocycles. The molecule has 0 aliphatic carbocycles. The van der Waals surface area contributed by atoms with Crippen LogP contribution < -0.4 is 11.3 Å². The molecule has 0 saturated carbocycles. The molecule has 4 heteroatoms. The van der Waals surface area contributed by atoms with Gasteiger partial charge in [0.05, 0.1) is 0 Å². The summed E-state index contributed by atoms with van der Waals surface area (Å²) in [5.74, 6) is 4.89. The summed E-state index contributed by atoms with van der Waals surface area (Å²) in [7, 11) is 0. The van der Waals surface area contributed by atoms with Crippen molar-refractivity contribution in [3.8, 4) is 0 Å². The van der Waals surface area contributed by atoms with Crippen LogP contribution in [0.2, 0.25) is 0 Å². The van der Waals surface area contributed by atoms with Crippen molar-refractivity contribution in [2.24, 2.45) is 5.84 Å². The van der Waals surface area contributed by atoms with E-state index in [1.807, 2.05) is 6.07 Å². The summed E-state index contributed by atoms with van der Waals surface area (Å²) in [4.78, 5) is 0. The fraction of sp³-hybridized carbons (Fsp3) is 0.250. The lowest BCUT2D eigenvalue weighted by atomic mass is 10.1. The van der Waals surface area contributed by atoms with Gasteiger partial charge in [-0.2, -0.15) is 0 Å². The second-order valence-electron chi connectivity index (χ2n) is 2.30. The molecular weight excluding hydrogens is 179 g/mol. The number of hydrogen-bond donors (Lipinski definition) is 2. The highest BCUT2D eigenvalue weighted by Crippen LogP contribution is 2.05. The number of nitrogens with one attached hydrogen (secondary N) is 1. The zero-order valence-electron chi connectivity index (χ0n) is 6.59. The molecule has 68 valence electrons. The Morgan fingerprint density at radius 2 is 2.00 bits per heavy atom. The zero-order valence-corrected chi connectivity index (χ0v) is 7.40. The third-order valence-corrected chi connectivity index (χ3v) is 1.50. The van der Waals surface area contributed by atoms with E-state index in [0.717, 1.165) is 0 Å². The van der Waals surface area contributed by atoms with Gasteiger partial charge in [0.2, 0.25) is 0 Å². The standard InChI is InChI=1S/C8H11FN2.ClH/c9-8-4-2-1-3-7(8)5-6-11-10;/h1-4,11H,5-6,10H2;1H. The van der Waals surface area contributed by atoms with Crippen LogP contribution >= 0.6 is 12.4 Å². The lowest BCUT2D eigenvalue weighted by Gasteiger charge is -2.00. The van der Waals surface area contributed by atoms with Gasteiger partial charge in [-0.3, -0.25) is 11.3 Å². The normalized spacial score (nSPS) is 9.17. The first-order valence-electron chi connectivity index (χ1n) is 3.51. The smallest absolute Gasteiger partial charge is 0.126 e. The molecule has 0 unspecified atom stereocenters.